The van der Waals surface area contributed by atoms with Crippen molar-refractivity contribution in [1.82, 2.24) is 19.8 Å². The molecular weight excluding hydrogens is 613 g/mol. The Hall–Kier alpha value is -4.78. The smallest absolute Gasteiger partial charge is 0.178 e. The number of benzene rings is 4. The second-order valence-corrected chi connectivity index (χ2v) is 15.1. The minimum Gasteiger partial charge on any atom is -0.354 e. The Morgan fingerprint density at radius 3 is 1.30 bits per heavy atom. The topological polar surface area (TPSA) is 45.8 Å². The number of aromatic amines is 2. The fourth-order valence-electron chi connectivity index (χ4n) is 9.24. The number of nitrogens with one attached hydrogen (secondary N) is 2. The van der Waals surface area contributed by atoms with E-state index in [1.165, 1.54) is 117 Å². The molecule has 2 fully saturated rings. The van der Waals surface area contributed by atoms with Gasteiger partial charge in [0.15, 0.2) is 37.9 Å². The van der Waals surface area contributed by atoms with Gasteiger partial charge in [-0.15, -0.1) is 0 Å². The molecule has 0 amide bonds. The summed E-state index contributed by atoms with van der Waals surface area (Å²) in [5, 5.41) is 10.5. The average molecular weight is 659 g/mol. The van der Waals surface area contributed by atoms with Crippen molar-refractivity contribution in [3.05, 3.63) is 110 Å². The van der Waals surface area contributed by atoms with Crippen molar-refractivity contribution in [2.45, 2.75) is 38.8 Å². The van der Waals surface area contributed by atoms with Crippen molar-refractivity contribution in [2.75, 3.05) is 39.3 Å². The standard InChI is InChI=1S/C44H44N6/c1-3-7-35-27-43-37(25-33(35)5-1)39-29-49(19-13-41(39)45-43)23-21-47-15-9-31(10-16-47)32-11-17-48(18-12-32)22-24-50-20-14-42-40(30-50)38-26-34-6-2-4-8-36(34)28-44(38)46-42/h1-8,13-14,19-20,25-32H,9-12,15-18,21-24H2/p+2. The summed E-state index contributed by atoms with van der Waals surface area (Å²) in [7, 11) is 0. The maximum Gasteiger partial charge on any atom is 0.178 e. The summed E-state index contributed by atoms with van der Waals surface area (Å²) in [5.41, 5.74) is 4.89. The van der Waals surface area contributed by atoms with E-state index in [2.05, 4.69) is 139 Å². The minimum absolute atomic E-state index is 0.896. The summed E-state index contributed by atoms with van der Waals surface area (Å²) in [4.78, 5) is 12.7. The van der Waals surface area contributed by atoms with Gasteiger partial charge in [-0.1, -0.05) is 48.5 Å². The normalized spacial score (nSPS) is 17.4. The Morgan fingerprint density at radius 1 is 0.480 bits per heavy atom. The third-order valence-electron chi connectivity index (χ3n) is 12.2. The first kappa shape index (κ1) is 30.1. The lowest BCUT2D eigenvalue weighted by Crippen LogP contribution is -2.46. The van der Waals surface area contributed by atoms with E-state index < -0.39 is 0 Å². The van der Waals surface area contributed by atoms with Gasteiger partial charge < -0.3 is 9.97 Å². The first-order valence-corrected chi connectivity index (χ1v) is 18.8. The van der Waals surface area contributed by atoms with Crippen LogP contribution in [0.5, 0.6) is 0 Å². The number of fused-ring (bicyclic) bond motifs is 8. The highest BCUT2D eigenvalue weighted by atomic mass is 15.2. The van der Waals surface area contributed by atoms with Gasteiger partial charge in [0.05, 0.1) is 34.9 Å². The largest absolute Gasteiger partial charge is 0.354 e. The number of likely N-dealkylation sites (tertiary alicyclic amines) is 2. The van der Waals surface area contributed by atoms with Crippen LogP contribution in [0.15, 0.2) is 110 Å². The van der Waals surface area contributed by atoms with Gasteiger partial charge in [0, 0.05) is 33.9 Å². The predicted molar refractivity (Wildman–Crippen MR) is 205 cm³/mol. The maximum absolute atomic E-state index is 3.64. The number of nitrogens with zero attached hydrogens (tertiary/aromatic N) is 4. The van der Waals surface area contributed by atoms with E-state index in [1.54, 1.807) is 0 Å². The Bertz CT molecular complexity index is 2320. The van der Waals surface area contributed by atoms with Gasteiger partial charge in [0.25, 0.3) is 0 Å². The molecule has 2 aliphatic rings. The van der Waals surface area contributed by atoms with Gasteiger partial charge >= 0.3 is 0 Å². The van der Waals surface area contributed by atoms with Gasteiger partial charge in [-0.05, 0) is 110 Å². The third-order valence-corrected chi connectivity index (χ3v) is 12.2. The van der Waals surface area contributed by atoms with Crippen LogP contribution in [0.4, 0.5) is 0 Å². The van der Waals surface area contributed by atoms with Crippen LogP contribution in [-0.2, 0) is 13.1 Å². The molecule has 0 bridgehead atoms. The molecule has 6 heteroatoms. The lowest BCUT2D eigenvalue weighted by molar-refractivity contribution is -0.695. The lowest BCUT2D eigenvalue weighted by atomic mass is 9.79. The molecule has 8 aromatic rings. The Morgan fingerprint density at radius 2 is 0.880 bits per heavy atom. The molecule has 0 atom stereocenters. The zero-order valence-corrected chi connectivity index (χ0v) is 28.8. The van der Waals surface area contributed by atoms with E-state index in [0.717, 1.165) is 38.0 Å². The summed E-state index contributed by atoms with van der Waals surface area (Å²) >= 11 is 0. The fourth-order valence-corrected chi connectivity index (χ4v) is 9.24. The quantitative estimate of drug-likeness (QED) is 0.171. The van der Waals surface area contributed by atoms with Crippen LogP contribution >= 0.6 is 0 Å². The van der Waals surface area contributed by atoms with Crippen LogP contribution in [0, 0.1) is 11.8 Å². The van der Waals surface area contributed by atoms with Crippen LogP contribution in [-0.4, -0.2) is 59.0 Å². The molecule has 4 aromatic carbocycles. The number of H-pyrrole nitrogens is 2. The summed E-state index contributed by atoms with van der Waals surface area (Å²) in [5.74, 6) is 1.79. The van der Waals surface area contributed by atoms with Crippen LogP contribution in [0.1, 0.15) is 25.7 Å². The number of hydrogen-bond acceptors (Lipinski definition) is 2. The monoisotopic (exact) mass is 658 g/mol. The molecule has 0 unspecified atom stereocenters. The molecular formula is C44H46N6+2. The summed E-state index contributed by atoms with van der Waals surface area (Å²) in [6.07, 6.45) is 14.6. The lowest BCUT2D eigenvalue weighted by Gasteiger charge is -2.39. The molecule has 50 heavy (non-hydrogen) atoms. The highest BCUT2D eigenvalue weighted by molar-refractivity contribution is 6.12. The zero-order chi connectivity index (χ0) is 33.0. The van der Waals surface area contributed by atoms with Crippen LogP contribution in [0.3, 0.4) is 0 Å². The molecule has 0 spiro atoms. The first-order chi connectivity index (χ1) is 24.7. The van der Waals surface area contributed by atoms with Crippen LogP contribution in [0.25, 0.3) is 65.2 Å². The van der Waals surface area contributed by atoms with Crippen molar-refractivity contribution in [3.63, 3.8) is 0 Å². The second kappa shape index (κ2) is 12.5. The molecule has 4 aromatic heterocycles. The molecule has 0 saturated carbocycles. The Kier molecular flexibility index (Phi) is 7.53. The second-order valence-electron chi connectivity index (χ2n) is 15.1. The number of rotatable bonds is 7. The van der Waals surface area contributed by atoms with Crippen molar-refractivity contribution >= 4 is 65.2 Å². The van der Waals surface area contributed by atoms with Gasteiger partial charge in [0.2, 0.25) is 0 Å². The molecule has 2 saturated heterocycles. The SMILES string of the molecule is c1ccc2cc3c(cc2c1)[nH]c1cc[n+](CCN2CCC(C4CCN(CC[n+]5ccc6[nH]c7cc8ccccc8cc7c6c5)CC4)CC2)cc13. The maximum atomic E-state index is 3.64. The molecule has 2 N–H and O–H groups in total. The van der Waals surface area contributed by atoms with E-state index in [1.807, 2.05) is 0 Å². The van der Waals surface area contributed by atoms with Crippen molar-refractivity contribution < 1.29 is 9.13 Å². The van der Waals surface area contributed by atoms with E-state index >= 15 is 0 Å². The third kappa shape index (κ3) is 5.61. The van der Waals surface area contributed by atoms with E-state index in [4.69, 9.17) is 0 Å². The van der Waals surface area contributed by atoms with Crippen LogP contribution < -0.4 is 9.13 Å². The first-order valence-electron chi connectivity index (χ1n) is 18.8. The number of hydrogen-bond donors (Lipinski definition) is 2. The Labute approximate surface area is 292 Å². The van der Waals surface area contributed by atoms with Crippen LogP contribution in [0.2, 0.25) is 0 Å². The van der Waals surface area contributed by atoms with Crippen molar-refractivity contribution in [3.8, 4) is 0 Å². The van der Waals surface area contributed by atoms with Gasteiger partial charge in [-0.25, -0.2) is 9.13 Å². The molecule has 2 aliphatic heterocycles. The predicted octanol–water partition coefficient (Wildman–Crippen LogP) is 7.96. The zero-order valence-electron chi connectivity index (χ0n) is 28.8. The number of aromatic nitrogens is 4. The summed E-state index contributed by atoms with van der Waals surface area (Å²) < 4.78 is 4.79. The average Bonchev–Trinajstić information content (AvgIpc) is 3.71. The molecule has 6 heterocycles. The van der Waals surface area contributed by atoms with E-state index in [0.29, 0.717) is 0 Å². The molecule has 0 aliphatic carbocycles. The van der Waals surface area contributed by atoms with E-state index in [9.17, 15) is 0 Å². The fraction of sp³-hybridized carbons (Fsp3) is 0.318. The van der Waals surface area contributed by atoms with Gasteiger partial charge in [0.1, 0.15) is 0 Å². The molecule has 0 radical (unpaired) electrons. The summed E-state index contributed by atoms with van der Waals surface area (Å²) in [6.45, 7) is 9.33. The molecule has 10 rings (SSSR count). The minimum atomic E-state index is 0.896. The molecule has 250 valence electrons. The highest BCUT2D eigenvalue weighted by Crippen LogP contribution is 2.33. The van der Waals surface area contributed by atoms with Crippen molar-refractivity contribution in [1.29, 1.82) is 0 Å². The van der Waals surface area contributed by atoms with Crippen molar-refractivity contribution in [2.24, 2.45) is 11.8 Å². The highest BCUT2D eigenvalue weighted by Gasteiger charge is 2.30. The summed E-state index contributed by atoms with van der Waals surface area (Å²) in [6, 6.07) is 31.1. The molecule has 6 nitrogen and oxygen atoms in total. The van der Waals surface area contributed by atoms with E-state index in [-0.39, 0.29) is 0 Å². The Balaban J connectivity index is 0.712. The van der Waals surface area contributed by atoms with Gasteiger partial charge in [-0.3, -0.25) is 9.80 Å². The number of pyridine rings is 2. The number of piperidine rings is 2. The van der Waals surface area contributed by atoms with Gasteiger partial charge in [-0.2, -0.15) is 0 Å².